The molecule has 1 saturated heterocycles. The second kappa shape index (κ2) is 8.14. The molecule has 7 heteroatoms. The van der Waals surface area contributed by atoms with E-state index in [4.69, 9.17) is 9.47 Å². The third-order valence-corrected chi connectivity index (χ3v) is 5.84. The van der Waals surface area contributed by atoms with Crippen LogP contribution in [0, 0.1) is 0 Å². The van der Waals surface area contributed by atoms with Gasteiger partial charge in [0.15, 0.2) is 0 Å². The van der Waals surface area contributed by atoms with Crippen molar-refractivity contribution in [1.29, 1.82) is 0 Å². The van der Waals surface area contributed by atoms with Crippen LogP contribution >= 0.6 is 27.7 Å². The standard InChI is InChI=1S/C19H18BrNO4S/c1-24-15-10-16(25-2)14(20)8-13(15)9-17-18(22)21(19(23)26-17)11-12-6-4-3-5-7-12/h3-8,10,17H,9,11H2,1-2H3/t17-/m0/s1. The van der Waals surface area contributed by atoms with Crippen LogP contribution in [0.15, 0.2) is 46.9 Å². The van der Waals surface area contributed by atoms with Crippen molar-refractivity contribution in [2.75, 3.05) is 14.2 Å². The Kier molecular flexibility index (Phi) is 5.88. The Bertz CT molecular complexity index is 828. The molecule has 1 aliphatic rings. The highest BCUT2D eigenvalue weighted by atomic mass is 79.9. The van der Waals surface area contributed by atoms with Crippen LogP contribution in [0.1, 0.15) is 11.1 Å². The first-order valence-corrected chi connectivity index (χ1v) is 9.67. The molecule has 0 spiro atoms. The van der Waals surface area contributed by atoms with Crippen LogP contribution in [-0.4, -0.2) is 35.5 Å². The number of hydrogen-bond acceptors (Lipinski definition) is 5. The van der Waals surface area contributed by atoms with E-state index < -0.39 is 5.25 Å². The van der Waals surface area contributed by atoms with Crippen LogP contribution in [0.5, 0.6) is 11.5 Å². The zero-order valence-corrected chi connectivity index (χ0v) is 16.8. The predicted molar refractivity (Wildman–Crippen MR) is 105 cm³/mol. The summed E-state index contributed by atoms with van der Waals surface area (Å²) < 4.78 is 11.5. The lowest BCUT2D eigenvalue weighted by Crippen LogP contribution is -2.31. The van der Waals surface area contributed by atoms with E-state index in [2.05, 4.69) is 15.9 Å². The van der Waals surface area contributed by atoms with E-state index in [1.807, 2.05) is 36.4 Å². The highest BCUT2D eigenvalue weighted by molar-refractivity contribution is 9.10. The Hall–Kier alpha value is -1.99. The zero-order chi connectivity index (χ0) is 18.7. The molecule has 1 fully saturated rings. The largest absolute Gasteiger partial charge is 0.496 e. The van der Waals surface area contributed by atoms with Gasteiger partial charge in [-0.25, -0.2) is 0 Å². The molecule has 0 N–H and O–H groups in total. The van der Waals surface area contributed by atoms with E-state index in [0.717, 1.165) is 27.4 Å². The van der Waals surface area contributed by atoms with E-state index in [1.165, 1.54) is 4.90 Å². The summed E-state index contributed by atoms with van der Waals surface area (Å²) in [5.41, 5.74) is 1.78. The maximum atomic E-state index is 12.7. The van der Waals surface area contributed by atoms with E-state index in [0.29, 0.717) is 24.5 Å². The molecule has 26 heavy (non-hydrogen) atoms. The second-order valence-electron chi connectivity index (χ2n) is 5.79. The number of carbonyl (C=O) groups is 2. The van der Waals surface area contributed by atoms with Crippen molar-refractivity contribution in [1.82, 2.24) is 4.90 Å². The van der Waals surface area contributed by atoms with Crippen LogP contribution in [0.3, 0.4) is 0 Å². The van der Waals surface area contributed by atoms with Crippen molar-refractivity contribution in [3.05, 3.63) is 58.1 Å². The minimum Gasteiger partial charge on any atom is -0.496 e. The minimum atomic E-state index is -0.458. The van der Waals surface area contributed by atoms with Gasteiger partial charge in [0.25, 0.3) is 5.24 Å². The molecule has 0 radical (unpaired) electrons. The zero-order valence-electron chi connectivity index (χ0n) is 14.4. The molecule has 5 nitrogen and oxygen atoms in total. The van der Waals surface area contributed by atoms with E-state index >= 15 is 0 Å². The summed E-state index contributed by atoms with van der Waals surface area (Å²) >= 11 is 4.52. The number of hydrogen-bond donors (Lipinski definition) is 0. The average Bonchev–Trinajstić information content (AvgIpc) is 2.90. The van der Waals surface area contributed by atoms with Crippen molar-refractivity contribution in [2.24, 2.45) is 0 Å². The first-order valence-electron chi connectivity index (χ1n) is 7.99. The number of rotatable bonds is 6. The summed E-state index contributed by atoms with van der Waals surface area (Å²) in [4.78, 5) is 26.4. The van der Waals surface area contributed by atoms with Gasteiger partial charge in [0.2, 0.25) is 5.91 Å². The van der Waals surface area contributed by atoms with Crippen LogP contribution < -0.4 is 9.47 Å². The smallest absolute Gasteiger partial charge is 0.289 e. The molecule has 2 amide bonds. The lowest BCUT2D eigenvalue weighted by Gasteiger charge is -2.15. The fraction of sp³-hybridized carbons (Fsp3) is 0.263. The summed E-state index contributed by atoms with van der Waals surface area (Å²) in [7, 11) is 3.15. The summed E-state index contributed by atoms with van der Waals surface area (Å²) in [6.07, 6.45) is 0.409. The molecule has 1 heterocycles. The molecular formula is C19H18BrNO4S. The maximum absolute atomic E-state index is 12.7. The van der Waals surface area contributed by atoms with Crippen molar-refractivity contribution in [3.8, 4) is 11.5 Å². The lowest BCUT2D eigenvalue weighted by atomic mass is 10.1. The number of thioether (sulfide) groups is 1. The Morgan fingerprint density at radius 3 is 2.42 bits per heavy atom. The van der Waals surface area contributed by atoms with E-state index in [1.54, 1.807) is 20.3 Å². The Morgan fingerprint density at radius 1 is 1.08 bits per heavy atom. The maximum Gasteiger partial charge on any atom is 0.289 e. The second-order valence-corrected chi connectivity index (χ2v) is 7.79. The first kappa shape index (κ1) is 18.8. The third-order valence-electron chi connectivity index (χ3n) is 4.15. The van der Waals surface area contributed by atoms with Crippen molar-refractivity contribution >= 4 is 38.8 Å². The quantitative estimate of drug-likeness (QED) is 0.677. The van der Waals surface area contributed by atoms with Gasteiger partial charge < -0.3 is 9.47 Å². The van der Waals surface area contributed by atoms with Crippen LogP contribution in [0.25, 0.3) is 0 Å². The minimum absolute atomic E-state index is 0.169. The third kappa shape index (κ3) is 3.88. The molecule has 0 unspecified atom stereocenters. The first-order chi connectivity index (χ1) is 12.5. The van der Waals surface area contributed by atoms with Crippen LogP contribution in [0.4, 0.5) is 4.79 Å². The number of methoxy groups -OCH3 is 2. The van der Waals surface area contributed by atoms with E-state index in [9.17, 15) is 9.59 Å². The van der Waals surface area contributed by atoms with Gasteiger partial charge in [-0.15, -0.1) is 0 Å². The Labute approximate surface area is 164 Å². The van der Waals surface area contributed by atoms with E-state index in [-0.39, 0.29) is 11.1 Å². The molecule has 1 atom stereocenters. The number of halogens is 1. The SMILES string of the molecule is COc1cc(OC)c(C[C@@H]2SC(=O)N(Cc3ccccc3)C2=O)cc1Br. The molecule has 136 valence electrons. The predicted octanol–water partition coefficient (Wildman–Crippen LogP) is 4.27. The van der Waals surface area contributed by atoms with Crippen molar-refractivity contribution in [3.63, 3.8) is 0 Å². The van der Waals surface area contributed by atoms with Gasteiger partial charge >= 0.3 is 0 Å². The summed E-state index contributed by atoms with van der Waals surface area (Å²) in [6.45, 7) is 0.297. The Balaban J connectivity index is 1.78. The highest BCUT2D eigenvalue weighted by Crippen LogP contribution is 2.37. The average molecular weight is 436 g/mol. The summed E-state index contributed by atoms with van der Waals surface area (Å²) in [6, 6.07) is 13.1. The molecule has 1 aliphatic heterocycles. The van der Waals surface area contributed by atoms with Crippen molar-refractivity contribution < 1.29 is 19.1 Å². The molecule has 0 aliphatic carbocycles. The van der Waals surface area contributed by atoms with Crippen LogP contribution in [-0.2, 0) is 17.8 Å². The molecule has 0 aromatic heterocycles. The summed E-state index contributed by atoms with van der Waals surface area (Å²) in [5.74, 6) is 1.11. The number of amides is 2. The van der Waals surface area contributed by atoms with Gasteiger partial charge in [-0.3, -0.25) is 14.5 Å². The number of ether oxygens (including phenoxy) is 2. The van der Waals surface area contributed by atoms with Gasteiger partial charge in [-0.1, -0.05) is 42.1 Å². The fourth-order valence-electron chi connectivity index (χ4n) is 2.82. The highest BCUT2D eigenvalue weighted by Gasteiger charge is 2.39. The normalized spacial score (nSPS) is 16.9. The Morgan fingerprint density at radius 2 is 1.77 bits per heavy atom. The lowest BCUT2D eigenvalue weighted by molar-refractivity contribution is -0.127. The topological polar surface area (TPSA) is 55.8 Å². The van der Waals surface area contributed by atoms with Crippen LogP contribution in [0.2, 0.25) is 0 Å². The molecule has 2 aromatic carbocycles. The monoisotopic (exact) mass is 435 g/mol. The molecular weight excluding hydrogens is 418 g/mol. The number of carbonyl (C=O) groups excluding carboxylic acids is 2. The molecule has 3 rings (SSSR count). The molecule has 2 aromatic rings. The number of nitrogens with zero attached hydrogens (tertiary/aromatic N) is 1. The van der Waals surface area contributed by atoms with Gasteiger partial charge in [0.05, 0.1) is 30.5 Å². The molecule has 0 bridgehead atoms. The molecule has 0 saturated carbocycles. The summed E-state index contributed by atoms with van der Waals surface area (Å²) in [5, 5.41) is -0.671. The van der Waals surface area contributed by atoms with Gasteiger partial charge in [0, 0.05) is 6.07 Å². The van der Waals surface area contributed by atoms with Gasteiger partial charge in [-0.05, 0) is 39.5 Å². The van der Waals surface area contributed by atoms with Gasteiger partial charge in [0.1, 0.15) is 11.5 Å². The number of benzene rings is 2. The van der Waals surface area contributed by atoms with Gasteiger partial charge in [-0.2, -0.15) is 0 Å². The van der Waals surface area contributed by atoms with Crippen molar-refractivity contribution in [2.45, 2.75) is 18.2 Å². The number of imide groups is 1. The fourth-order valence-corrected chi connectivity index (χ4v) is 4.39.